The highest BCUT2D eigenvalue weighted by Crippen LogP contribution is 2.45. The third kappa shape index (κ3) is 1.96. The van der Waals surface area contributed by atoms with Gasteiger partial charge in [0.1, 0.15) is 11.6 Å². The standard InChI is InChI=1S/C15H15NO3/c1-17-14-12(9-16)13(10-5-3-2-4-6-10)11-7-8-18-15(11)19-14/h2-6,11,13,15H,7-8H2,1H3/t11-,13+,15+/m0/s1. The van der Waals surface area contributed by atoms with Crippen LogP contribution in [0, 0.1) is 17.2 Å². The lowest BCUT2D eigenvalue weighted by atomic mass is 9.78. The molecule has 2 heterocycles. The maximum absolute atomic E-state index is 9.44. The highest BCUT2D eigenvalue weighted by atomic mass is 16.8. The molecule has 2 aliphatic heterocycles. The molecule has 0 N–H and O–H groups in total. The number of hydrogen-bond donors (Lipinski definition) is 0. The van der Waals surface area contributed by atoms with E-state index in [1.54, 1.807) is 0 Å². The number of rotatable bonds is 2. The predicted molar refractivity (Wildman–Crippen MR) is 67.8 cm³/mol. The molecule has 0 unspecified atom stereocenters. The Morgan fingerprint density at radius 2 is 2.11 bits per heavy atom. The van der Waals surface area contributed by atoms with Gasteiger partial charge in [-0.3, -0.25) is 0 Å². The molecule has 3 atom stereocenters. The van der Waals surface area contributed by atoms with Crippen molar-refractivity contribution in [2.75, 3.05) is 13.7 Å². The summed E-state index contributed by atoms with van der Waals surface area (Å²) in [4.78, 5) is 0. The van der Waals surface area contributed by atoms with E-state index in [0.717, 1.165) is 12.0 Å². The third-order valence-electron chi connectivity index (χ3n) is 3.73. The molecule has 1 aromatic carbocycles. The smallest absolute Gasteiger partial charge is 0.296 e. The number of ether oxygens (including phenoxy) is 3. The van der Waals surface area contributed by atoms with E-state index in [1.165, 1.54) is 7.11 Å². The SMILES string of the molecule is COC1=C(C#N)[C@H](c2ccccc2)[C@@H]2CCO[C@@H]2O1. The van der Waals surface area contributed by atoms with Crippen molar-refractivity contribution >= 4 is 0 Å². The van der Waals surface area contributed by atoms with Crippen LogP contribution in [0.25, 0.3) is 0 Å². The van der Waals surface area contributed by atoms with Gasteiger partial charge >= 0.3 is 0 Å². The highest BCUT2D eigenvalue weighted by molar-refractivity contribution is 5.40. The van der Waals surface area contributed by atoms with Crippen LogP contribution in [0.5, 0.6) is 0 Å². The Bertz CT molecular complexity index is 532. The van der Waals surface area contributed by atoms with Crippen molar-refractivity contribution in [3.05, 3.63) is 47.4 Å². The van der Waals surface area contributed by atoms with E-state index < -0.39 is 0 Å². The van der Waals surface area contributed by atoms with E-state index in [0.29, 0.717) is 18.1 Å². The van der Waals surface area contributed by atoms with Gasteiger partial charge in [-0.1, -0.05) is 30.3 Å². The molecule has 3 rings (SSSR count). The fourth-order valence-electron chi connectivity index (χ4n) is 2.88. The summed E-state index contributed by atoms with van der Waals surface area (Å²) in [6.45, 7) is 0.661. The summed E-state index contributed by atoms with van der Waals surface area (Å²) in [7, 11) is 1.52. The van der Waals surface area contributed by atoms with Crippen LogP contribution in [0.3, 0.4) is 0 Å². The van der Waals surface area contributed by atoms with Crippen LogP contribution in [-0.4, -0.2) is 20.0 Å². The van der Waals surface area contributed by atoms with Crippen molar-refractivity contribution in [3.63, 3.8) is 0 Å². The topological polar surface area (TPSA) is 51.5 Å². The maximum atomic E-state index is 9.44. The van der Waals surface area contributed by atoms with E-state index in [1.807, 2.05) is 30.3 Å². The van der Waals surface area contributed by atoms with Gasteiger partial charge < -0.3 is 14.2 Å². The van der Waals surface area contributed by atoms with Gasteiger partial charge in [-0.05, 0) is 12.0 Å². The van der Waals surface area contributed by atoms with E-state index in [9.17, 15) is 5.26 Å². The van der Waals surface area contributed by atoms with Gasteiger partial charge in [0, 0.05) is 11.8 Å². The Balaban J connectivity index is 2.08. The minimum Gasteiger partial charge on any atom is -0.468 e. The number of hydrogen-bond acceptors (Lipinski definition) is 4. The van der Waals surface area contributed by atoms with Crippen LogP contribution in [0.15, 0.2) is 41.9 Å². The van der Waals surface area contributed by atoms with Crippen LogP contribution >= 0.6 is 0 Å². The first-order chi connectivity index (χ1) is 9.35. The van der Waals surface area contributed by atoms with Gasteiger partial charge in [0.2, 0.25) is 6.29 Å². The second kappa shape index (κ2) is 4.94. The first-order valence-corrected chi connectivity index (χ1v) is 6.36. The fraction of sp³-hybridized carbons (Fsp3) is 0.400. The normalized spacial score (nSPS) is 29.4. The van der Waals surface area contributed by atoms with Crippen LogP contribution < -0.4 is 0 Å². The minimum atomic E-state index is -0.308. The van der Waals surface area contributed by atoms with Gasteiger partial charge in [0.25, 0.3) is 5.95 Å². The molecular formula is C15H15NO3. The molecule has 0 amide bonds. The van der Waals surface area contributed by atoms with E-state index in [2.05, 4.69) is 6.07 Å². The zero-order chi connectivity index (χ0) is 13.2. The first kappa shape index (κ1) is 12.1. The molecule has 1 saturated heterocycles. The zero-order valence-corrected chi connectivity index (χ0v) is 10.7. The molecule has 2 aliphatic rings. The van der Waals surface area contributed by atoms with Crippen molar-refractivity contribution in [2.45, 2.75) is 18.6 Å². The monoisotopic (exact) mass is 257 g/mol. The number of nitriles is 1. The van der Waals surface area contributed by atoms with Crippen LogP contribution in [0.4, 0.5) is 0 Å². The Morgan fingerprint density at radius 3 is 2.79 bits per heavy atom. The molecule has 0 spiro atoms. The fourth-order valence-corrected chi connectivity index (χ4v) is 2.88. The molecule has 0 radical (unpaired) electrons. The summed E-state index contributed by atoms with van der Waals surface area (Å²) in [6.07, 6.45) is 0.587. The second-order valence-electron chi connectivity index (χ2n) is 4.71. The number of fused-ring (bicyclic) bond motifs is 1. The first-order valence-electron chi connectivity index (χ1n) is 6.36. The number of benzene rings is 1. The quantitative estimate of drug-likeness (QED) is 0.817. The third-order valence-corrected chi connectivity index (χ3v) is 3.73. The lowest BCUT2D eigenvalue weighted by Crippen LogP contribution is -2.32. The van der Waals surface area contributed by atoms with Crippen molar-refractivity contribution in [1.82, 2.24) is 0 Å². The Kier molecular flexibility index (Phi) is 3.14. The van der Waals surface area contributed by atoms with Gasteiger partial charge in [-0.25, -0.2) is 0 Å². The summed E-state index contributed by atoms with van der Waals surface area (Å²) >= 11 is 0. The van der Waals surface area contributed by atoms with E-state index in [-0.39, 0.29) is 18.1 Å². The van der Waals surface area contributed by atoms with Crippen molar-refractivity contribution in [3.8, 4) is 6.07 Å². The van der Waals surface area contributed by atoms with E-state index in [4.69, 9.17) is 14.2 Å². The van der Waals surface area contributed by atoms with Crippen molar-refractivity contribution < 1.29 is 14.2 Å². The Labute approximate surface area is 112 Å². The number of allylic oxidation sites excluding steroid dienone is 1. The van der Waals surface area contributed by atoms with Crippen LogP contribution in [0.2, 0.25) is 0 Å². The van der Waals surface area contributed by atoms with Crippen molar-refractivity contribution in [2.24, 2.45) is 5.92 Å². The highest BCUT2D eigenvalue weighted by Gasteiger charge is 2.45. The predicted octanol–water partition coefficient (Wildman–Crippen LogP) is 2.54. The maximum Gasteiger partial charge on any atom is 0.296 e. The molecule has 4 heteroatoms. The number of methoxy groups -OCH3 is 1. The summed E-state index contributed by atoms with van der Waals surface area (Å²) in [5, 5.41) is 9.44. The van der Waals surface area contributed by atoms with Gasteiger partial charge in [0.15, 0.2) is 0 Å². The van der Waals surface area contributed by atoms with Gasteiger partial charge in [-0.2, -0.15) is 5.26 Å². The largest absolute Gasteiger partial charge is 0.468 e. The molecule has 98 valence electrons. The van der Waals surface area contributed by atoms with Gasteiger partial charge in [-0.15, -0.1) is 0 Å². The molecule has 0 saturated carbocycles. The molecule has 1 fully saturated rings. The summed E-state index contributed by atoms with van der Waals surface area (Å²) in [5.74, 6) is 0.456. The molecule has 1 aromatic rings. The van der Waals surface area contributed by atoms with Crippen molar-refractivity contribution in [1.29, 1.82) is 5.26 Å². The second-order valence-corrected chi connectivity index (χ2v) is 4.71. The van der Waals surface area contributed by atoms with Gasteiger partial charge in [0.05, 0.1) is 13.7 Å². The minimum absolute atomic E-state index is 0.0117. The number of nitrogens with zero attached hydrogens (tertiary/aromatic N) is 1. The average Bonchev–Trinajstić information content (AvgIpc) is 2.93. The average molecular weight is 257 g/mol. The molecule has 4 nitrogen and oxygen atoms in total. The zero-order valence-electron chi connectivity index (χ0n) is 10.7. The summed E-state index contributed by atoms with van der Waals surface area (Å²) in [5.41, 5.74) is 1.66. The molecule has 0 aromatic heterocycles. The summed E-state index contributed by atoms with van der Waals surface area (Å²) < 4.78 is 16.4. The lowest BCUT2D eigenvalue weighted by Gasteiger charge is -2.33. The molecule has 0 bridgehead atoms. The molecular weight excluding hydrogens is 242 g/mol. The van der Waals surface area contributed by atoms with Crippen LogP contribution in [-0.2, 0) is 14.2 Å². The lowest BCUT2D eigenvalue weighted by molar-refractivity contribution is -0.149. The molecule has 0 aliphatic carbocycles. The Hall–Kier alpha value is -1.99. The molecule has 19 heavy (non-hydrogen) atoms. The van der Waals surface area contributed by atoms with E-state index >= 15 is 0 Å². The Morgan fingerprint density at radius 1 is 1.32 bits per heavy atom. The van der Waals surface area contributed by atoms with Crippen LogP contribution in [0.1, 0.15) is 17.9 Å². The summed E-state index contributed by atoms with van der Waals surface area (Å²) in [6, 6.07) is 12.3.